The maximum Gasteiger partial charge on any atom is 0.362 e. The van der Waals surface area contributed by atoms with E-state index in [2.05, 4.69) is 62.5 Å². The van der Waals surface area contributed by atoms with Crippen LogP contribution in [0.25, 0.3) is 0 Å². The van der Waals surface area contributed by atoms with E-state index < -0.39 is 18.1 Å². The molecule has 0 aliphatic heterocycles. The number of carbonyl (C=O) groups excluding carboxylic acids is 2. The van der Waals surface area contributed by atoms with Crippen LogP contribution in [0.3, 0.4) is 0 Å². The summed E-state index contributed by atoms with van der Waals surface area (Å²) >= 11 is 0. The predicted molar refractivity (Wildman–Crippen MR) is 266 cm³/mol. The Morgan fingerprint density at radius 2 is 0.841 bits per heavy atom. The second-order valence-corrected chi connectivity index (χ2v) is 18.8. The molecule has 0 saturated carbocycles. The molecule has 0 aliphatic rings. The van der Waals surface area contributed by atoms with Crippen molar-refractivity contribution in [2.45, 2.75) is 244 Å². The van der Waals surface area contributed by atoms with E-state index in [0.717, 1.165) is 57.8 Å². The smallest absolute Gasteiger partial charge is 0.362 e. The van der Waals surface area contributed by atoms with E-state index in [9.17, 15) is 19.5 Å². The number of unbranched alkanes of at least 4 members (excludes halogenated alkanes) is 25. The van der Waals surface area contributed by atoms with Gasteiger partial charge in [-0.3, -0.25) is 9.59 Å². The first kappa shape index (κ1) is 60.3. The Labute approximate surface area is 388 Å². The van der Waals surface area contributed by atoms with Crippen molar-refractivity contribution in [3.8, 4) is 0 Å². The molecule has 63 heavy (non-hydrogen) atoms. The molecule has 0 amide bonds. The Bertz CT molecular complexity index is 1170. The number of carboxylic acids is 1. The van der Waals surface area contributed by atoms with Crippen LogP contribution < -0.4 is 0 Å². The first-order valence-electron chi connectivity index (χ1n) is 26.2. The number of nitrogens with zero attached hydrogens (tertiary/aromatic N) is 1. The van der Waals surface area contributed by atoms with Crippen LogP contribution in [0.4, 0.5) is 0 Å². The Kier molecular flexibility index (Phi) is 43.9. The zero-order chi connectivity index (χ0) is 46.3. The zero-order valence-electron chi connectivity index (χ0n) is 41.8. The SMILES string of the molecule is CCCCCC/C=C\C/C=C\CCCCCCCCCC(=O)OCC(COCCC(C(=O)O)[N+](C)(C)C)OC(=O)CCCCCCCCCCC/C=C\C/C=C\CCCCCCC. The molecule has 0 aromatic heterocycles. The van der Waals surface area contributed by atoms with Crippen LogP contribution in [0.5, 0.6) is 0 Å². The number of aliphatic carboxylic acids is 1. The molecule has 0 aliphatic carbocycles. The van der Waals surface area contributed by atoms with Gasteiger partial charge < -0.3 is 23.8 Å². The Hall–Kier alpha value is -2.71. The molecule has 0 bridgehead atoms. The minimum Gasteiger partial charge on any atom is -0.477 e. The van der Waals surface area contributed by atoms with Crippen molar-refractivity contribution in [3.63, 3.8) is 0 Å². The molecular formula is C55H100NO7+. The van der Waals surface area contributed by atoms with Gasteiger partial charge in [0.2, 0.25) is 0 Å². The van der Waals surface area contributed by atoms with Crippen molar-refractivity contribution in [2.24, 2.45) is 0 Å². The number of likely N-dealkylation sites (N-methyl/N-ethyl adjacent to an activating group) is 1. The standard InChI is InChI=1S/C55H99NO7/c1-6-8-10-12-14-16-18-20-22-24-26-27-28-30-32-34-36-38-40-42-44-46-54(58)63-51(49-61-48-47-52(55(59)60)56(3,4)5)50-62-53(57)45-43-41-39-37-35-33-31-29-25-23-21-19-17-15-13-11-9-7-2/h17-20,23-26,51-52H,6-16,21-22,27-50H2,1-5H3/p+1/b19-17-,20-18-,25-23-,26-24-. The molecule has 0 heterocycles. The lowest BCUT2D eigenvalue weighted by Gasteiger charge is -2.31. The van der Waals surface area contributed by atoms with Crippen LogP contribution in [-0.2, 0) is 28.6 Å². The summed E-state index contributed by atoms with van der Waals surface area (Å²) in [5.41, 5.74) is 0. The molecule has 0 fully saturated rings. The van der Waals surface area contributed by atoms with Crippen LogP contribution in [0, 0.1) is 0 Å². The first-order chi connectivity index (χ1) is 30.6. The van der Waals surface area contributed by atoms with Gasteiger partial charge in [0, 0.05) is 19.3 Å². The van der Waals surface area contributed by atoms with E-state index in [1.807, 2.05) is 21.1 Å². The molecule has 1 N–H and O–H groups in total. The molecule has 2 atom stereocenters. The molecular weight excluding hydrogens is 787 g/mol. The molecule has 0 aromatic carbocycles. The van der Waals surface area contributed by atoms with Gasteiger partial charge >= 0.3 is 17.9 Å². The first-order valence-corrected chi connectivity index (χ1v) is 26.2. The summed E-state index contributed by atoms with van der Waals surface area (Å²) in [4.78, 5) is 37.2. The molecule has 366 valence electrons. The second-order valence-electron chi connectivity index (χ2n) is 18.8. The number of hydrogen-bond donors (Lipinski definition) is 1. The van der Waals surface area contributed by atoms with Gasteiger partial charge in [0.1, 0.15) is 6.61 Å². The number of hydrogen-bond acceptors (Lipinski definition) is 6. The molecule has 2 unspecified atom stereocenters. The Morgan fingerprint density at radius 3 is 1.24 bits per heavy atom. The van der Waals surface area contributed by atoms with Gasteiger partial charge in [-0.1, -0.05) is 184 Å². The third kappa shape index (κ3) is 44.3. The highest BCUT2D eigenvalue weighted by molar-refractivity contribution is 5.72. The summed E-state index contributed by atoms with van der Waals surface area (Å²) in [7, 11) is 5.53. The van der Waals surface area contributed by atoms with E-state index in [0.29, 0.717) is 19.3 Å². The van der Waals surface area contributed by atoms with Gasteiger partial charge in [-0.2, -0.15) is 0 Å². The summed E-state index contributed by atoms with van der Waals surface area (Å²) in [5.74, 6) is -1.48. The number of ether oxygens (including phenoxy) is 3. The zero-order valence-corrected chi connectivity index (χ0v) is 41.8. The van der Waals surface area contributed by atoms with E-state index in [4.69, 9.17) is 14.2 Å². The van der Waals surface area contributed by atoms with Crippen molar-refractivity contribution in [1.29, 1.82) is 0 Å². The lowest BCUT2D eigenvalue weighted by Crippen LogP contribution is -2.50. The molecule has 0 rings (SSSR count). The average molecular weight is 887 g/mol. The monoisotopic (exact) mass is 887 g/mol. The van der Waals surface area contributed by atoms with Crippen LogP contribution >= 0.6 is 0 Å². The largest absolute Gasteiger partial charge is 0.477 e. The van der Waals surface area contributed by atoms with E-state index >= 15 is 0 Å². The number of carbonyl (C=O) groups is 3. The van der Waals surface area contributed by atoms with Crippen molar-refractivity contribution >= 4 is 17.9 Å². The van der Waals surface area contributed by atoms with E-state index in [1.165, 1.54) is 141 Å². The van der Waals surface area contributed by atoms with Crippen LogP contribution in [-0.4, -0.2) is 80.6 Å². The number of carboxylic acid groups (broad SMARTS) is 1. The quantitative estimate of drug-likeness (QED) is 0.0281. The summed E-state index contributed by atoms with van der Waals surface area (Å²) in [6.07, 6.45) is 55.8. The lowest BCUT2D eigenvalue weighted by atomic mass is 10.1. The van der Waals surface area contributed by atoms with Gasteiger partial charge in [-0.15, -0.1) is 0 Å². The molecule has 8 nitrogen and oxygen atoms in total. The van der Waals surface area contributed by atoms with Crippen molar-refractivity contribution in [3.05, 3.63) is 48.6 Å². The second kappa shape index (κ2) is 45.8. The van der Waals surface area contributed by atoms with Crippen LogP contribution in [0.1, 0.15) is 232 Å². The number of esters is 2. The highest BCUT2D eigenvalue weighted by Gasteiger charge is 2.31. The third-order valence-electron chi connectivity index (χ3n) is 11.7. The van der Waals surface area contributed by atoms with Crippen molar-refractivity contribution < 1.29 is 38.2 Å². The van der Waals surface area contributed by atoms with Gasteiger partial charge in [-0.25, -0.2) is 4.79 Å². The molecule has 0 aromatic rings. The summed E-state index contributed by atoms with van der Waals surface area (Å²) < 4.78 is 17.4. The Balaban J connectivity index is 4.26. The summed E-state index contributed by atoms with van der Waals surface area (Å²) in [5, 5.41) is 9.66. The van der Waals surface area contributed by atoms with Gasteiger partial charge in [-0.05, 0) is 77.0 Å². The number of rotatable bonds is 47. The van der Waals surface area contributed by atoms with Crippen LogP contribution in [0.15, 0.2) is 48.6 Å². The topological polar surface area (TPSA) is 99.1 Å². The highest BCUT2D eigenvalue weighted by atomic mass is 16.6. The Morgan fingerprint density at radius 1 is 0.476 bits per heavy atom. The highest BCUT2D eigenvalue weighted by Crippen LogP contribution is 2.15. The lowest BCUT2D eigenvalue weighted by molar-refractivity contribution is -0.887. The van der Waals surface area contributed by atoms with E-state index in [-0.39, 0.29) is 36.2 Å². The maximum absolute atomic E-state index is 12.8. The normalized spacial score (nSPS) is 13.2. The summed E-state index contributed by atoms with van der Waals surface area (Å²) in [6.45, 7) is 4.72. The molecule has 0 radical (unpaired) electrons. The molecule has 8 heteroatoms. The average Bonchev–Trinajstić information content (AvgIpc) is 3.24. The van der Waals surface area contributed by atoms with Crippen molar-refractivity contribution in [2.75, 3.05) is 41.0 Å². The minimum atomic E-state index is -0.876. The van der Waals surface area contributed by atoms with Gasteiger partial charge in [0.25, 0.3) is 0 Å². The van der Waals surface area contributed by atoms with Gasteiger partial charge in [0.05, 0.1) is 34.4 Å². The predicted octanol–water partition coefficient (Wildman–Crippen LogP) is 15.1. The number of quaternary nitrogens is 1. The summed E-state index contributed by atoms with van der Waals surface area (Å²) in [6, 6.07) is -0.618. The molecule has 0 spiro atoms. The maximum atomic E-state index is 12.8. The fourth-order valence-electron chi connectivity index (χ4n) is 7.62. The van der Waals surface area contributed by atoms with Crippen molar-refractivity contribution in [1.82, 2.24) is 0 Å². The number of allylic oxidation sites excluding steroid dienone is 8. The fraction of sp³-hybridized carbons (Fsp3) is 0.800. The minimum absolute atomic E-state index is 0.0566. The third-order valence-corrected chi connectivity index (χ3v) is 11.7. The van der Waals surface area contributed by atoms with E-state index in [1.54, 1.807) is 0 Å². The van der Waals surface area contributed by atoms with Gasteiger partial charge in [0.15, 0.2) is 12.1 Å². The fourth-order valence-corrected chi connectivity index (χ4v) is 7.62. The molecule has 0 saturated heterocycles. The van der Waals surface area contributed by atoms with Crippen LogP contribution in [0.2, 0.25) is 0 Å².